The number of halogens is 2. The molecule has 0 saturated carbocycles. The van der Waals surface area contributed by atoms with Crippen molar-refractivity contribution in [1.82, 2.24) is 5.43 Å². The topological polar surface area (TPSA) is 88.1 Å². The molecule has 2 aromatic rings. The van der Waals surface area contributed by atoms with E-state index in [0.717, 1.165) is 16.1 Å². The van der Waals surface area contributed by atoms with E-state index in [0.29, 0.717) is 5.75 Å². The van der Waals surface area contributed by atoms with Crippen molar-refractivity contribution in [2.75, 3.05) is 24.2 Å². The Hall–Kier alpha value is -2.29. The molecule has 0 aliphatic rings. The summed E-state index contributed by atoms with van der Waals surface area (Å²) >= 11 is 12.0. The number of hydrogen-bond donors (Lipinski definition) is 1. The predicted molar refractivity (Wildman–Crippen MR) is 107 cm³/mol. The summed E-state index contributed by atoms with van der Waals surface area (Å²) in [7, 11) is -2.21. The van der Waals surface area contributed by atoms with Crippen LogP contribution in [0.5, 0.6) is 5.75 Å². The van der Waals surface area contributed by atoms with E-state index < -0.39 is 22.5 Å². The van der Waals surface area contributed by atoms with Gasteiger partial charge in [0, 0.05) is 0 Å². The highest BCUT2D eigenvalue weighted by Crippen LogP contribution is 2.33. The number of carbonyl (C=O) groups is 1. The van der Waals surface area contributed by atoms with Gasteiger partial charge in [-0.05, 0) is 42.0 Å². The van der Waals surface area contributed by atoms with Gasteiger partial charge in [-0.25, -0.2) is 13.8 Å². The molecule has 2 rings (SSSR count). The summed E-state index contributed by atoms with van der Waals surface area (Å²) in [5.74, 6) is 0.0552. The van der Waals surface area contributed by atoms with Crippen molar-refractivity contribution >= 4 is 51.0 Å². The molecular formula is C17H17Cl2N3O4S. The van der Waals surface area contributed by atoms with Crippen LogP contribution in [-0.2, 0) is 14.8 Å². The maximum atomic E-state index is 12.1. The Morgan fingerprint density at radius 1 is 1.22 bits per heavy atom. The Morgan fingerprint density at radius 2 is 1.89 bits per heavy atom. The highest BCUT2D eigenvalue weighted by atomic mass is 35.5. The minimum absolute atomic E-state index is 0.0409. The van der Waals surface area contributed by atoms with E-state index in [1.165, 1.54) is 18.3 Å². The van der Waals surface area contributed by atoms with E-state index in [1.54, 1.807) is 37.4 Å². The van der Waals surface area contributed by atoms with Crippen LogP contribution in [0.1, 0.15) is 5.56 Å². The van der Waals surface area contributed by atoms with Crippen LogP contribution in [0.15, 0.2) is 47.6 Å². The number of carbonyl (C=O) groups excluding carboxylic acids is 1. The van der Waals surface area contributed by atoms with E-state index >= 15 is 0 Å². The van der Waals surface area contributed by atoms with E-state index in [1.807, 2.05) is 0 Å². The lowest BCUT2D eigenvalue weighted by atomic mass is 10.2. The Labute approximate surface area is 167 Å². The summed E-state index contributed by atoms with van der Waals surface area (Å²) in [6.07, 6.45) is 2.40. The van der Waals surface area contributed by atoms with Gasteiger partial charge in [0.15, 0.2) is 0 Å². The smallest absolute Gasteiger partial charge is 0.260 e. The molecule has 2 aromatic carbocycles. The molecule has 0 spiro atoms. The maximum absolute atomic E-state index is 12.1. The molecule has 0 aliphatic heterocycles. The van der Waals surface area contributed by atoms with Crippen LogP contribution in [0.25, 0.3) is 0 Å². The first-order chi connectivity index (χ1) is 12.7. The van der Waals surface area contributed by atoms with Gasteiger partial charge in [-0.3, -0.25) is 9.10 Å². The number of methoxy groups -OCH3 is 1. The first-order valence-electron chi connectivity index (χ1n) is 7.60. The van der Waals surface area contributed by atoms with Gasteiger partial charge in [0.25, 0.3) is 5.91 Å². The fourth-order valence-corrected chi connectivity index (χ4v) is 3.41. The van der Waals surface area contributed by atoms with E-state index in [9.17, 15) is 13.2 Å². The lowest BCUT2D eigenvalue weighted by Crippen LogP contribution is -2.39. The third-order valence-electron chi connectivity index (χ3n) is 3.41. The van der Waals surface area contributed by atoms with Gasteiger partial charge in [0.2, 0.25) is 10.0 Å². The molecule has 0 radical (unpaired) electrons. The average molecular weight is 430 g/mol. The van der Waals surface area contributed by atoms with Crippen molar-refractivity contribution in [2.45, 2.75) is 0 Å². The third kappa shape index (κ3) is 5.85. The predicted octanol–water partition coefficient (Wildman–Crippen LogP) is 2.92. The van der Waals surface area contributed by atoms with Crippen molar-refractivity contribution in [2.24, 2.45) is 5.10 Å². The molecule has 1 N–H and O–H groups in total. The fourth-order valence-electron chi connectivity index (χ4n) is 2.10. The SMILES string of the molecule is COc1ccc(/C=N\NC(=O)CN(c2cccc(Cl)c2Cl)S(C)(=O)=O)cc1. The third-order valence-corrected chi connectivity index (χ3v) is 5.34. The molecule has 0 saturated heterocycles. The number of rotatable bonds is 7. The molecular weight excluding hydrogens is 413 g/mol. The average Bonchev–Trinajstić information content (AvgIpc) is 2.62. The van der Waals surface area contributed by atoms with Gasteiger partial charge in [-0.15, -0.1) is 0 Å². The van der Waals surface area contributed by atoms with Crippen LogP contribution < -0.4 is 14.5 Å². The number of amides is 1. The number of benzene rings is 2. The quantitative estimate of drug-likeness (QED) is 0.541. The van der Waals surface area contributed by atoms with Gasteiger partial charge >= 0.3 is 0 Å². The highest BCUT2D eigenvalue weighted by molar-refractivity contribution is 7.92. The molecule has 10 heteroatoms. The number of nitrogens with one attached hydrogen (secondary N) is 1. The number of anilines is 1. The van der Waals surface area contributed by atoms with Gasteiger partial charge < -0.3 is 4.74 Å². The molecule has 7 nitrogen and oxygen atoms in total. The minimum atomic E-state index is -3.77. The van der Waals surface area contributed by atoms with E-state index in [4.69, 9.17) is 27.9 Å². The normalized spacial score (nSPS) is 11.4. The van der Waals surface area contributed by atoms with Crippen molar-refractivity contribution in [3.63, 3.8) is 0 Å². The van der Waals surface area contributed by atoms with Crippen LogP contribution in [0.4, 0.5) is 5.69 Å². The first kappa shape index (κ1) is 21.0. The number of hydrazone groups is 1. The zero-order chi connectivity index (χ0) is 20.0. The van der Waals surface area contributed by atoms with Gasteiger partial charge in [-0.1, -0.05) is 29.3 Å². The second-order valence-corrected chi connectivity index (χ2v) is 8.10. The molecule has 1 amide bonds. The van der Waals surface area contributed by atoms with Crippen molar-refractivity contribution in [3.05, 3.63) is 58.1 Å². The number of ether oxygens (including phenoxy) is 1. The molecule has 0 unspecified atom stereocenters. The van der Waals surface area contributed by atoms with Crippen LogP contribution in [0, 0.1) is 0 Å². The second-order valence-electron chi connectivity index (χ2n) is 5.41. The molecule has 0 atom stereocenters. The molecule has 27 heavy (non-hydrogen) atoms. The standard InChI is InChI=1S/C17H17Cl2N3O4S/c1-26-13-8-6-12(7-9-13)10-20-21-16(23)11-22(27(2,24)25)15-5-3-4-14(18)17(15)19/h3-10H,11H2,1-2H3,(H,21,23)/b20-10-. The minimum Gasteiger partial charge on any atom is -0.497 e. The van der Waals surface area contributed by atoms with Crippen molar-refractivity contribution < 1.29 is 17.9 Å². The molecule has 0 aliphatic carbocycles. The zero-order valence-electron chi connectivity index (χ0n) is 14.5. The second kappa shape index (κ2) is 9.07. The summed E-state index contributed by atoms with van der Waals surface area (Å²) in [5.41, 5.74) is 3.13. The summed E-state index contributed by atoms with van der Waals surface area (Å²) in [5, 5.41) is 4.04. The Morgan fingerprint density at radius 3 is 2.48 bits per heavy atom. The van der Waals surface area contributed by atoms with Crippen LogP contribution in [0.3, 0.4) is 0 Å². The number of nitrogens with zero attached hydrogens (tertiary/aromatic N) is 2. The summed E-state index contributed by atoms with van der Waals surface area (Å²) in [6, 6.07) is 11.5. The maximum Gasteiger partial charge on any atom is 0.260 e. The number of sulfonamides is 1. The summed E-state index contributed by atoms with van der Waals surface area (Å²) in [6.45, 7) is -0.501. The Balaban J connectivity index is 2.10. The molecule has 0 heterocycles. The Kier molecular flexibility index (Phi) is 7.06. The molecule has 144 valence electrons. The lowest BCUT2D eigenvalue weighted by molar-refractivity contribution is -0.119. The van der Waals surface area contributed by atoms with Crippen molar-refractivity contribution in [1.29, 1.82) is 0 Å². The summed E-state index contributed by atoms with van der Waals surface area (Å²) in [4.78, 5) is 12.1. The van der Waals surface area contributed by atoms with E-state index in [-0.39, 0.29) is 15.7 Å². The van der Waals surface area contributed by atoms with Gasteiger partial charge in [0.05, 0.1) is 35.3 Å². The first-order valence-corrected chi connectivity index (χ1v) is 10.2. The molecule has 0 aromatic heterocycles. The highest BCUT2D eigenvalue weighted by Gasteiger charge is 2.23. The van der Waals surface area contributed by atoms with Gasteiger partial charge in [0.1, 0.15) is 12.3 Å². The van der Waals surface area contributed by atoms with Crippen LogP contribution >= 0.6 is 23.2 Å². The van der Waals surface area contributed by atoms with Gasteiger partial charge in [-0.2, -0.15) is 5.10 Å². The molecule has 0 fully saturated rings. The Bertz CT molecular complexity index is 947. The number of hydrogen-bond acceptors (Lipinski definition) is 5. The summed E-state index contributed by atoms with van der Waals surface area (Å²) < 4.78 is 30.1. The van der Waals surface area contributed by atoms with Crippen molar-refractivity contribution in [3.8, 4) is 5.75 Å². The monoisotopic (exact) mass is 429 g/mol. The van der Waals surface area contributed by atoms with E-state index in [2.05, 4.69) is 10.5 Å². The largest absolute Gasteiger partial charge is 0.497 e. The van der Waals surface area contributed by atoms with Crippen LogP contribution in [-0.4, -0.2) is 40.4 Å². The van der Waals surface area contributed by atoms with Crippen LogP contribution in [0.2, 0.25) is 10.0 Å². The molecule has 0 bridgehead atoms. The fraction of sp³-hybridized carbons (Fsp3) is 0.176. The zero-order valence-corrected chi connectivity index (χ0v) is 16.8. The lowest BCUT2D eigenvalue weighted by Gasteiger charge is -2.22.